The zero-order chi connectivity index (χ0) is 13.6. The van der Waals surface area contributed by atoms with Crippen LogP contribution in [0.25, 0.3) is 0 Å². The van der Waals surface area contributed by atoms with Crippen LogP contribution in [0, 0.1) is 5.82 Å². The number of alkyl halides is 1. The molecule has 0 aromatic carbocycles. The summed E-state index contributed by atoms with van der Waals surface area (Å²) >= 11 is 5.84. The first-order chi connectivity index (χ1) is 8.47. The molecule has 102 valence electrons. The Balaban J connectivity index is 2.59. The molecule has 0 radical (unpaired) electrons. The minimum absolute atomic E-state index is 0.0931. The lowest BCUT2D eigenvalue weighted by molar-refractivity contribution is 0.196. The lowest BCUT2D eigenvalue weighted by Gasteiger charge is -2.09. The summed E-state index contributed by atoms with van der Waals surface area (Å²) < 4.78 is 43.7. The molecular formula is C10H14ClFN2O3S. The summed E-state index contributed by atoms with van der Waals surface area (Å²) in [6.45, 7) is 0.414. The molecule has 0 saturated carbocycles. The third-order valence-electron chi connectivity index (χ3n) is 2.08. The molecule has 0 aliphatic rings. The molecule has 1 heterocycles. The van der Waals surface area contributed by atoms with E-state index >= 15 is 0 Å². The van der Waals surface area contributed by atoms with Crippen molar-refractivity contribution >= 4 is 21.6 Å². The maximum atomic E-state index is 13.3. The normalized spacial score (nSPS) is 13.5. The molecule has 0 spiro atoms. The van der Waals surface area contributed by atoms with Crippen molar-refractivity contribution in [2.45, 2.75) is 16.8 Å². The predicted molar refractivity (Wildman–Crippen MR) is 65.5 cm³/mol. The Morgan fingerprint density at radius 2 is 2.33 bits per heavy atom. The van der Waals surface area contributed by atoms with Gasteiger partial charge in [0.05, 0.1) is 12.0 Å². The summed E-state index contributed by atoms with van der Waals surface area (Å²) in [6, 6.07) is 2.36. The van der Waals surface area contributed by atoms with Gasteiger partial charge >= 0.3 is 0 Å². The number of methoxy groups -OCH3 is 1. The molecule has 0 saturated heterocycles. The van der Waals surface area contributed by atoms with Crippen LogP contribution >= 0.6 is 11.6 Å². The van der Waals surface area contributed by atoms with Gasteiger partial charge in [0.15, 0.2) is 5.82 Å². The standard InChI is InChI=1S/C10H14ClFN2O3S/c1-17-7-8(11)4-6-14-18(15,16)10-9(12)3-2-5-13-10/h2-3,5,8,14H,4,6-7H2,1H3. The largest absolute Gasteiger partial charge is 0.383 e. The summed E-state index contributed by atoms with van der Waals surface area (Å²) in [6.07, 6.45) is 1.59. The highest BCUT2D eigenvalue weighted by Crippen LogP contribution is 2.10. The van der Waals surface area contributed by atoms with Gasteiger partial charge in [-0.05, 0) is 18.6 Å². The second-order valence-electron chi connectivity index (χ2n) is 3.53. The minimum atomic E-state index is -3.94. The second kappa shape index (κ2) is 6.98. The number of sulfonamides is 1. The number of rotatable bonds is 7. The monoisotopic (exact) mass is 296 g/mol. The highest BCUT2D eigenvalue weighted by atomic mass is 35.5. The first-order valence-electron chi connectivity index (χ1n) is 5.20. The van der Waals surface area contributed by atoms with Gasteiger partial charge in [0.2, 0.25) is 5.03 Å². The Morgan fingerprint density at radius 3 is 2.94 bits per heavy atom. The minimum Gasteiger partial charge on any atom is -0.383 e. The Hall–Kier alpha value is -0.760. The van der Waals surface area contributed by atoms with E-state index in [1.165, 1.54) is 19.4 Å². The first kappa shape index (κ1) is 15.3. The molecule has 1 unspecified atom stereocenters. The Morgan fingerprint density at radius 1 is 1.61 bits per heavy atom. The van der Waals surface area contributed by atoms with Gasteiger partial charge < -0.3 is 4.74 Å². The number of ether oxygens (including phenoxy) is 1. The van der Waals surface area contributed by atoms with Gasteiger partial charge in [0.1, 0.15) is 0 Å². The zero-order valence-electron chi connectivity index (χ0n) is 9.77. The van der Waals surface area contributed by atoms with Gasteiger partial charge in [-0.1, -0.05) is 0 Å². The van der Waals surface area contributed by atoms with Crippen molar-refractivity contribution in [3.05, 3.63) is 24.1 Å². The number of nitrogens with one attached hydrogen (secondary N) is 1. The fraction of sp³-hybridized carbons (Fsp3) is 0.500. The summed E-state index contributed by atoms with van der Waals surface area (Å²) in [7, 11) is -2.43. The number of hydrogen-bond donors (Lipinski definition) is 1. The fourth-order valence-electron chi connectivity index (χ4n) is 1.25. The van der Waals surface area contributed by atoms with Crippen molar-refractivity contribution in [3.63, 3.8) is 0 Å². The molecule has 0 aliphatic heterocycles. The molecule has 1 atom stereocenters. The Bertz CT molecular complexity index is 484. The average molecular weight is 297 g/mol. The van der Waals surface area contributed by atoms with Gasteiger partial charge in [-0.2, -0.15) is 0 Å². The topological polar surface area (TPSA) is 68.3 Å². The quantitative estimate of drug-likeness (QED) is 0.766. The van der Waals surface area contributed by atoms with E-state index in [0.717, 1.165) is 6.07 Å². The molecule has 8 heteroatoms. The zero-order valence-corrected chi connectivity index (χ0v) is 11.3. The number of pyridine rings is 1. The van der Waals surface area contributed by atoms with E-state index < -0.39 is 20.9 Å². The molecule has 0 amide bonds. The van der Waals surface area contributed by atoms with Gasteiger partial charge in [0, 0.05) is 19.9 Å². The van der Waals surface area contributed by atoms with Crippen LogP contribution in [-0.2, 0) is 14.8 Å². The van der Waals surface area contributed by atoms with Crippen LogP contribution in [0.15, 0.2) is 23.4 Å². The van der Waals surface area contributed by atoms with Crippen molar-refractivity contribution in [3.8, 4) is 0 Å². The third-order valence-corrected chi connectivity index (χ3v) is 3.81. The van der Waals surface area contributed by atoms with Crippen LogP contribution in [-0.4, -0.2) is 39.0 Å². The molecule has 0 fully saturated rings. The number of halogens is 2. The van der Waals surface area contributed by atoms with Crippen molar-refractivity contribution < 1.29 is 17.5 Å². The van der Waals surface area contributed by atoms with E-state index in [-0.39, 0.29) is 11.9 Å². The van der Waals surface area contributed by atoms with E-state index in [1.54, 1.807) is 0 Å². The summed E-state index contributed by atoms with van der Waals surface area (Å²) in [5.74, 6) is -0.885. The highest BCUT2D eigenvalue weighted by molar-refractivity contribution is 7.89. The second-order valence-corrected chi connectivity index (χ2v) is 5.83. The van der Waals surface area contributed by atoms with Crippen molar-refractivity contribution in [2.24, 2.45) is 0 Å². The molecule has 1 rings (SSSR count). The van der Waals surface area contributed by atoms with E-state index in [9.17, 15) is 12.8 Å². The lowest BCUT2D eigenvalue weighted by atomic mass is 10.3. The maximum Gasteiger partial charge on any atom is 0.261 e. The SMILES string of the molecule is COCC(Cl)CCNS(=O)(=O)c1ncccc1F. The molecule has 0 aliphatic carbocycles. The number of hydrogen-bond acceptors (Lipinski definition) is 4. The predicted octanol–water partition coefficient (Wildman–Crippen LogP) is 1.14. The molecule has 1 aromatic heterocycles. The lowest BCUT2D eigenvalue weighted by Crippen LogP contribution is -2.28. The van der Waals surface area contributed by atoms with Gasteiger partial charge in [-0.3, -0.25) is 0 Å². The molecule has 0 bridgehead atoms. The Kier molecular flexibility index (Phi) is 5.94. The molecule has 5 nitrogen and oxygen atoms in total. The summed E-state index contributed by atoms with van der Waals surface area (Å²) in [5.41, 5.74) is 0. The number of nitrogens with zero attached hydrogens (tertiary/aromatic N) is 1. The van der Waals surface area contributed by atoms with E-state index in [4.69, 9.17) is 16.3 Å². The van der Waals surface area contributed by atoms with Crippen molar-refractivity contribution in [1.82, 2.24) is 9.71 Å². The van der Waals surface area contributed by atoms with Gasteiger partial charge in [0.25, 0.3) is 10.0 Å². The van der Waals surface area contributed by atoms with Crippen LogP contribution in [0.4, 0.5) is 4.39 Å². The average Bonchev–Trinajstić information content (AvgIpc) is 2.29. The van der Waals surface area contributed by atoms with Crippen molar-refractivity contribution in [2.75, 3.05) is 20.3 Å². The van der Waals surface area contributed by atoms with Gasteiger partial charge in [-0.15, -0.1) is 11.6 Å². The molecule has 18 heavy (non-hydrogen) atoms. The van der Waals surface area contributed by atoms with Crippen LogP contribution in [0.2, 0.25) is 0 Å². The third kappa shape index (κ3) is 4.49. The van der Waals surface area contributed by atoms with E-state index in [0.29, 0.717) is 13.0 Å². The van der Waals surface area contributed by atoms with Crippen LogP contribution in [0.1, 0.15) is 6.42 Å². The van der Waals surface area contributed by atoms with Crippen LogP contribution in [0.3, 0.4) is 0 Å². The smallest absolute Gasteiger partial charge is 0.261 e. The van der Waals surface area contributed by atoms with Crippen molar-refractivity contribution in [1.29, 1.82) is 0 Å². The Labute approximate surface area is 110 Å². The summed E-state index contributed by atoms with van der Waals surface area (Å²) in [5, 5.41) is -0.908. The maximum absolute atomic E-state index is 13.3. The number of aromatic nitrogens is 1. The molecule has 1 aromatic rings. The van der Waals surface area contributed by atoms with Crippen LogP contribution in [0.5, 0.6) is 0 Å². The first-order valence-corrected chi connectivity index (χ1v) is 7.12. The van der Waals surface area contributed by atoms with Crippen LogP contribution < -0.4 is 4.72 Å². The molecule has 1 N–H and O–H groups in total. The highest BCUT2D eigenvalue weighted by Gasteiger charge is 2.20. The summed E-state index contributed by atoms with van der Waals surface area (Å²) in [4.78, 5) is 3.50. The van der Waals surface area contributed by atoms with Gasteiger partial charge in [-0.25, -0.2) is 22.5 Å². The van der Waals surface area contributed by atoms with E-state index in [2.05, 4.69) is 9.71 Å². The van der Waals surface area contributed by atoms with E-state index in [1.807, 2.05) is 0 Å². The fourth-order valence-corrected chi connectivity index (χ4v) is 2.53. The molecular weight excluding hydrogens is 283 g/mol.